The average molecular weight is 436 g/mol. The predicted octanol–water partition coefficient (Wildman–Crippen LogP) is 4.94. The van der Waals surface area contributed by atoms with E-state index in [1.54, 1.807) is 24.8 Å². The third-order valence-electron chi connectivity index (χ3n) is 5.62. The number of pyridine rings is 1. The van der Waals surface area contributed by atoms with Gasteiger partial charge in [-0.2, -0.15) is 13.2 Å². The number of nitrogens with zero attached hydrogens (tertiary/aromatic N) is 4. The second-order valence-corrected chi connectivity index (χ2v) is 8.12. The standard InChI is InChI=1S/C21H23F3N4O3/c1-4-13-8-16(30-26-13)20(29)28-7-5-6-12(10-28)18-17-14(21(22,23)24)9-15(11(2)3)25-19(17)31-27-18/h8-9,11-12H,4-7,10H2,1-3H3/t12-/m1/s1. The van der Waals surface area contributed by atoms with E-state index in [0.717, 1.165) is 6.07 Å². The van der Waals surface area contributed by atoms with Gasteiger partial charge < -0.3 is 13.9 Å². The Morgan fingerprint density at radius 1 is 1.26 bits per heavy atom. The Morgan fingerprint density at radius 2 is 2.03 bits per heavy atom. The van der Waals surface area contributed by atoms with Gasteiger partial charge in [-0.1, -0.05) is 31.1 Å². The van der Waals surface area contributed by atoms with Crippen molar-refractivity contribution in [2.75, 3.05) is 13.1 Å². The first-order chi connectivity index (χ1) is 14.7. The molecule has 7 nitrogen and oxygen atoms in total. The van der Waals surface area contributed by atoms with Gasteiger partial charge in [-0.05, 0) is 31.2 Å². The van der Waals surface area contributed by atoms with Crippen LogP contribution in [-0.2, 0) is 12.6 Å². The van der Waals surface area contributed by atoms with Crippen LogP contribution in [0.4, 0.5) is 13.2 Å². The fraction of sp³-hybridized carbons (Fsp3) is 0.524. The Kier molecular flexibility index (Phi) is 5.49. The van der Waals surface area contributed by atoms with Crippen LogP contribution in [0.3, 0.4) is 0 Å². The molecule has 0 bridgehead atoms. The van der Waals surface area contributed by atoms with E-state index in [1.807, 2.05) is 6.92 Å². The monoisotopic (exact) mass is 436 g/mol. The summed E-state index contributed by atoms with van der Waals surface area (Å²) in [6, 6.07) is 2.66. The molecular weight excluding hydrogens is 413 g/mol. The first-order valence-electron chi connectivity index (χ1n) is 10.3. The summed E-state index contributed by atoms with van der Waals surface area (Å²) in [5, 5.41) is 7.68. The maximum atomic E-state index is 13.9. The second-order valence-electron chi connectivity index (χ2n) is 8.12. The predicted molar refractivity (Wildman–Crippen MR) is 105 cm³/mol. The number of carbonyl (C=O) groups is 1. The molecule has 166 valence electrons. The Hall–Kier alpha value is -2.91. The van der Waals surface area contributed by atoms with E-state index in [0.29, 0.717) is 37.2 Å². The summed E-state index contributed by atoms with van der Waals surface area (Å²) in [4.78, 5) is 18.6. The van der Waals surface area contributed by atoms with Crippen molar-refractivity contribution in [2.45, 2.75) is 58.0 Å². The van der Waals surface area contributed by atoms with E-state index in [4.69, 9.17) is 9.05 Å². The number of hydrogen-bond donors (Lipinski definition) is 0. The van der Waals surface area contributed by atoms with Crippen molar-refractivity contribution >= 4 is 17.0 Å². The molecule has 1 amide bonds. The van der Waals surface area contributed by atoms with Crippen LogP contribution in [-0.4, -0.2) is 39.2 Å². The van der Waals surface area contributed by atoms with E-state index < -0.39 is 17.7 Å². The lowest BCUT2D eigenvalue weighted by Crippen LogP contribution is -2.39. The van der Waals surface area contributed by atoms with E-state index in [9.17, 15) is 18.0 Å². The number of aryl methyl sites for hydroxylation is 1. The summed E-state index contributed by atoms with van der Waals surface area (Å²) in [6.07, 6.45) is -2.73. The molecule has 1 aliphatic heterocycles. The number of likely N-dealkylation sites (tertiary alicyclic amines) is 1. The van der Waals surface area contributed by atoms with Gasteiger partial charge in [-0.25, -0.2) is 4.98 Å². The highest BCUT2D eigenvalue weighted by molar-refractivity contribution is 5.91. The van der Waals surface area contributed by atoms with Crippen LogP contribution in [0.2, 0.25) is 0 Å². The average Bonchev–Trinajstić information content (AvgIpc) is 3.39. The number of piperidine rings is 1. The normalized spacial score (nSPS) is 17.6. The second kappa shape index (κ2) is 7.97. The van der Waals surface area contributed by atoms with E-state index >= 15 is 0 Å². The highest BCUT2D eigenvalue weighted by atomic mass is 19.4. The Morgan fingerprint density at radius 3 is 2.68 bits per heavy atom. The summed E-state index contributed by atoms with van der Waals surface area (Å²) < 4.78 is 52.0. The minimum atomic E-state index is -4.58. The van der Waals surface area contributed by atoms with E-state index in [-0.39, 0.29) is 40.9 Å². The summed E-state index contributed by atoms with van der Waals surface area (Å²) >= 11 is 0. The zero-order valence-electron chi connectivity index (χ0n) is 17.5. The molecule has 0 saturated carbocycles. The van der Waals surface area contributed by atoms with Gasteiger partial charge in [0.2, 0.25) is 5.76 Å². The van der Waals surface area contributed by atoms with Gasteiger partial charge in [0.25, 0.3) is 11.6 Å². The number of alkyl halides is 3. The third kappa shape index (κ3) is 4.03. The highest BCUT2D eigenvalue weighted by Crippen LogP contribution is 2.40. The molecule has 0 unspecified atom stereocenters. The summed E-state index contributed by atoms with van der Waals surface area (Å²) in [7, 11) is 0. The molecule has 0 aliphatic carbocycles. The molecule has 1 fully saturated rings. The van der Waals surface area contributed by atoms with Crippen LogP contribution < -0.4 is 0 Å². The molecule has 31 heavy (non-hydrogen) atoms. The molecule has 0 radical (unpaired) electrons. The fourth-order valence-corrected chi connectivity index (χ4v) is 3.91. The molecule has 1 saturated heterocycles. The van der Waals surface area contributed by atoms with Crippen molar-refractivity contribution < 1.29 is 27.0 Å². The molecule has 0 N–H and O–H groups in total. The van der Waals surface area contributed by atoms with Gasteiger partial charge in [-0.3, -0.25) is 4.79 Å². The number of aromatic nitrogens is 3. The highest BCUT2D eigenvalue weighted by Gasteiger charge is 2.38. The van der Waals surface area contributed by atoms with Crippen molar-refractivity contribution in [3.63, 3.8) is 0 Å². The SMILES string of the molecule is CCc1cc(C(=O)N2CCC[C@@H](c3noc4nc(C(C)C)cc(C(F)(F)F)c34)C2)on1. The van der Waals surface area contributed by atoms with Crippen LogP contribution in [0.1, 0.15) is 78.6 Å². The Balaban J connectivity index is 1.69. The Labute approximate surface area is 176 Å². The van der Waals surface area contributed by atoms with Crippen LogP contribution in [0.5, 0.6) is 0 Å². The molecule has 10 heteroatoms. The molecule has 3 aromatic rings. The number of hydrogen-bond acceptors (Lipinski definition) is 6. The minimum absolute atomic E-state index is 0.121. The molecule has 4 heterocycles. The molecule has 3 aromatic heterocycles. The minimum Gasteiger partial charge on any atom is -0.351 e. The lowest BCUT2D eigenvalue weighted by Gasteiger charge is -2.31. The van der Waals surface area contributed by atoms with Gasteiger partial charge in [0.1, 0.15) is 0 Å². The quantitative estimate of drug-likeness (QED) is 0.576. The summed E-state index contributed by atoms with van der Waals surface area (Å²) in [6.45, 7) is 6.13. The van der Waals surface area contributed by atoms with Crippen LogP contribution in [0.25, 0.3) is 11.1 Å². The van der Waals surface area contributed by atoms with Crippen LogP contribution in [0, 0.1) is 0 Å². The van der Waals surface area contributed by atoms with Gasteiger partial charge in [0.15, 0.2) is 0 Å². The van der Waals surface area contributed by atoms with Crippen molar-refractivity contribution in [1.82, 2.24) is 20.2 Å². The van der Waals surface area contributed by atoms with Crippen LogP contribution >= 0.6 is 0 Å². The molecular formula is C21H23F3N4O3. The first-order valence-corrected chi connectivity index (χ1v) is 10.3. The third-order valence-corrected chi connectivity index (χ3v) is 5.62. The lowest BCUT2D eigenvalue weighted by molar-refractivity contribution is -0.136. The number of carbonyl (C=O) groups excluding carboxylic acids is 1. The van der Waals surface area contributed by atoms with E-state index in [2.05, 4.69) is 15.3 Å². The smallest absolute Gasteiger partial charge is 0.351 e. The van der Waals surface area contributed by atoms with Gasteiger partial charge >= 0.3 is 6.18 Å². The van der Waals surface area contributed by atoms with Gasteiger partial charge in [-0.15, -0.1) is 0 Å². The number of fused-ring (bicyclic) bond motifs is 1. The summed E-state index contributed by atoms with van der Waals surface area (Å²) in [5.74, 6) is -0.806. The fourth-order valence-electron chi connectivity index (χ4n) is 3.91. The summed E-state index contributed by atoms with van der Waals surface area (Å²) in [5.41, 5.74) is 0.222. The zero-order valence-corrected chi connectivity index (χ0v) is 17.5. The van der Waals surface area contributed by atoms with Crippen LogP contribution in [0.15, 0.2) is 21.2 Å². The first kappa shape index (κ1) is 21.3. The Bertz CT molecular complexity index is 1100. The lowest BCUT2D eigenvalue weighted by atomic mass is 9.91. The van der Waals surface area contributed by atoms with Crippen molar-refractivity contribution in [3.05, 3.63) is 40.5 Å². The van der Waals surface area contributed by atoms with Crippen molar-refractivity contribution in [1.29, 1.82) is 0 Å². The topological polar surface area (TPSA) is 85.3 Å². The molecule has 4 rings (SSSR count). The van der Waals surface area contributed by atoms with Gasteiger partial charge in [0.05, 0.1) is 22.3 Å². The molecule has 1 aliphatic rings. The molecule has 0 spiro atoms. The number of rotatable bonds is 4. The van der Waals surface area contributed by atoms with Crippen molar-refractivity contribution in [3.8, 4) is 0 Å². The number of amides is 1. The maximum Gasteiger partial charge on any atom is 0.417 e. The van der Waals surface area contributed by atoms with Crippen molar-refractivity contribution in [2.24, 2.45) is 0 Å². The largest absolute Gasteiger partial charge is 0.417 e. The molecule has 0 aromatic carbocycles. The molecule has 1 atom stereocenters. The zero-order chi connectivity index (χ0) is 22.3. The number of halogens is 3. The van der Waals surface area contributed by atoms with E-state index in [1.165, 1.54) is 0 Å². The van der Waals surface area contributed by atoms with Gasteiger partial charge in [0, 0.05) is 30.8 Å². The maximum absolute atomic E-state index is 13.9.